The molecule has 0 bridgehead atoms. The molecule has 2 aromatic rings. The van der Waals surface area contributed by atoms with Crippen LogP contribution in [-0.4, -0.2) is 29.0 Å². The molecule has 3 rings (SSSR count). The molecular formula is C19H17Cl2NO2. The van der Waals surface area contributed by atoms with E-state index < -0.39 is 0 Å². The van der Waals surface area contributed by atoms with E-state index in [9.17, 15) is 9.90 Å². The Bertz CT molecular complexity index is 764. The minimum absolute atomic E-state index is 0.0195. The summed E-state index contributed by atoms with van der Waals surface area (Å²) in [7, 11) is 0. The number of carbonyl (C=O) groups is 1. The van der Waals surface area contributed by atoms with E-state index in [2.05, 4.69) is 6.08 Å². The van der Waals surface area contributed by atoms with Crippen LogP contribution in [0, 0.1) is 0 Å². The highest BCUT2D eigenvalue weighted by atomic mass is 35.5. The normalized spacial score (nSPS) is 14.4. The van der Waals surface area contributed by atoms with Crippen molar-refractivity contribution >= 4 is 34.7 Å². The van der Waals surface area contributed by atoms with Gasteiger partial charge in [0.1, 0.15) is 5.75 Å². The molecule has 0 saturated heterocycles. The highest BCUT2D eigenvalue weighted by molar-refractivity contribution is 6.36. The number of halogens is 2. The average molecular weight is 362 g/mol. The van der Waals surface area contributed by atoms with Gasteiger partial charge in [0, 0.05) is 23.1 Å². The van der Waals surface area contributed by atoms with Gasteiger partial charge in [-0.3, -0.25) is 4.79 Å². The molecule has 1 heterocycles. The third-order valence-corrected chi connectivity index (χ3v) is 4.90. The van der Waals surface area contributed by atoms with Gasteiger partial charge in [0.05, 0.1) is 6.42 Å². The quantitative estimate of drug-likeness (QED) is 0.870. The molecule has 124 valence electrons. The van der Waals surface area contributed by atoms with E-state index in [-0.39, 0.29) is 18.1 Å². The highest BCUT2D eigenvalue weighted by Gasteiger charge is 2.20. The van der Waals surface area contributed by atoms with Crippen LogP contribution in [0.2, 0.25) is 10.0 Å². The number of amides is 1. The second-order valence-corrected chi connectivity index (χ2v) is 6.56. The number of hydrogen-bond donors (Lipinski definition) is 1. The molecule has 1 aliphatic heterocycles. The molecular weight excluding hydrogens is 345 g/mol. The van der Waals surface area contributed by atoms with Crippen molar-refractivity contribution in [3.05, 3.63) is 69.7 Å². The lowest BCUT2D eigenvalue weighted by atomic mass is 9.99. The van der Waals surface area contributed by atoms with Gasteiger partial charge in [-0.2, -0.15) is 0 Å². The standard InChI is InChI=1S/C19H17Cl2NO2/c20-17-2-1-3-18(21)16(17)12-19(24)22-10-8-14(9-11-22)13-4-6-15(23)7-5-13/h1-8,23H,9-12H2. The van der Waals surface area contributed by atoms with E-state index in [1.165, 1.54) is 5.57 Å². The minimum atomic E-state index is 0.0195. The first kappa shape index (κ1) is 16.9. The van der Waals surface area contributed by atoms with E-state index in [1.807, 2.05) is 17.0 Å². The zero-order chi connectivity index (χ0) is 17.1. The maximum atomic E-state index is 12.5. The van der Waals surface area contributed by atoms with E-state index >= 15 is 0 Å². The van der Waals surface area contributed by atoms with E-state index in [1.54, 1.807) is 30.3 Å². The Labute approximate surface area is 151 Å². The Balaban J connectivity index is 1.67. The van der Waals surface area contributed by atoms with Gasteiger partial charge in [-0.25, -0.2) is 0 Å². The Morgan fingerprint density at radius 3 is 2.33 bits per heavy atom. The molecule has 0 atom stereocenters. The predicted molar refractivity (Wildman–Crippen MR) is 97.4 cm³/mol. The Kier molecular flexibility index (Phi) is 5.12. The maximum absolute atomic E-state index is 12.5. The molecule has 2 aromatic carbocycles. The fourth-order valence-electron chi connectivity index (χ4n) is 2.80. The second-order valence-electron chi connectivity index (χ2n) is 5.74. The zero-order valence-electron chi connectivity index (χ0n) is 13.0. The molecule has 0 fully saturated rings. The smallest absolute Gasteiger partial charge is 0.227 e. The van der Waals surface area contributed by atoms with Crippen molar-refractivity contribution in [3.63, 3.8) is 0 Å². The first-order valence-electron chi connectivity index (χ1n) is 7.73. The Hall–Kier alpha value is -1.97. The van der Waals surface area contributed by atoms with Gasteiger partial charge in [0.2, 0.25) is 5.91 Å². The summed E-state index contributed by atoms with van der Waals surface area (Å²) in [6.07, 6.45) is 3.05. The molecule has 0 radical (unpaired) electrons. The first-order valence-corrected chi connectivity index (χ1v) is 8.49. The number of carbonyl (C=O) groups excluding carboxylic acids is 1. The van der Waals surface area contributed by atoms with Crippen LogP contribution in [0.3, 0.4) is 0 Å². The third-order valence-electron chi connectivity index (χ3n) is 4.19. The van der Waals surface area contributed by atoms with Crippen molar-refractivity contribution in [3.8, 4) is 5.75 Å². The molecule has 0 spiro atoms. The number of nitrogens with zero attached hydrogens (tertiary/aromatic N) is 1. The molecule has 0 aromatic heterocycles. The van der Waals surface area contributed by atoms with E-state index in [0.717, 1.165) is 12.0 Å². The lowest BCUT2D eigenvalue weighted by Crippen LogP contribution is -2.35. The van der Waals surface area contributed by atoms with Gasteiger partial charge in [0.15, 0.2) is 0 Å². The predicted octanol–water partition coefficient (Wildman–Crippen LogP) is 4.56. The molecule has 0 aliphatic carbocycles. The second kappa shape index (κ2) is 7.29. The van der Waals surface area contributed by atoms with Gasteiger partial charge < -0.3 is 10.0 Å². The first-order chi connectivity index (χ1) is 11.5. The lowest BCUT2D eigenvalue weighted by Gasteiger charge is -2.27. The van der Waals surface area contributed by atoms with Gasteiger partial charge in [-0.15, -0.1) is 0 Å². The van der Waals surface area contributed by atoms with Crippen LogP contribution in [-0.2, 0) is 11.2 Å². The third kappa shape index (κ3) is 3.74. The summed E-state index contributed by atoms with van der Waals surface area (Å²) in [5.74, 6) is 0.273. The van der Waals surface area contributed by atoms with Gasteiger partial charge in [0.25, 0.3) is 0 Å². The molecule has 0 saturated carbocycles. The zero-order valence-corrected chi connectivity index (χ0v) is 14.5. The van der Waals surface area contributed by atoms with Crippen LogP contribution in [0.15, 0.2) is 48.5 Å². The molecule has 1 aliphatic rings. The molecule has 5 heteroatoms. The van der Waals surface area contributed by atoms with Crippen LogP contribution in [0.5, 0.6) is 5.75 Å². The van der Waals surface area contributed by atoms with Gasteiger partial charge >= 0.3 is 0 Å². The maximum Gasteiger partial charge on any atom is 0.227 e. The topological polar surface area (TPSA) is 40.5 Å². The van der Waals surface area contributed by atoms with E-state index in [0.29, 0.717) is 28.7 Å². The van der Waals surface area contributed by atoms with Crippen molar-refractivity contribution in [1.29, 1.82) is 0 Å². The molecule has 1 N–H and O–H groups in total. The van der Waals surface area contributed by atoms with Gasteiger partial charge in [-0.05, 0) is 47.4 Å². The van der Waals surface area contributed by atoms with Crippen molar-refractivity contribution in [2.75, 3.05) is 13.1 Å². The molecule has 3 nitrogen and oxygen atoms in total. The van der Waals surface area contributed by atoms with Crippen LogP contribution >= 0.6 is 23.2 Å². The summed E-state index contributed by atoms with van der Waals surface area (Å²) in [6.45, 7) is 1.23. The highest BCUT2D eigenvalue weighted by Crippen LogP contribution is 2.27. The monoisotopic (exact) mass is 361 g/mol. The fourth-order valence-corrected chi connectivity index (χ4v) is 3.33. The summed E-state index contributed by atoms with van der Waals surface area (Å²) in [5, 5.41) is 10.4. The number of rotatable bonds is 3. The van der Waals surface area contributed by atoms with Crippen LogP contribution in [0.25, 0.3) is 5.57 Å². The molecule has 24 heavy (non-hydrogen) atoms. The Morgan fingerprint density at radius 1 is 1.08 bits per heavy atom. The number of aromatic hydroxyl groups is 1. The van der Waals surface area contributed by atoms with E-state index in [4.69, 9.17) is 23.2 Å². The molecule has 1 amide bonds. The van der Waals surface area contributed by atoms with Gasteiger partial charge in [-0.1, -0.05) is 47.5 Å². The minimum Gasteiger partial charge on any atom is -0.508 e. The summed E-state index contributed by atoms with van der Waals surface area (Å²) in [4.78, 5) is 14.3. The summed E-state index contributed by atoms with van der Waals surface area (Å²) >= 11 is 12.3. The fraction of sp³-hybridized carbons (Fsp3) is 0.211. The van der Waals surface area contributed by atoms with Crippen LogP contribution < -0.4 is 0 Å². The van der Waals surface area contributed by atoms with Crippen molar-refractivity contribution in [1.82, 2.24) is 4.90 Å². The molecule has 0 unspecified atom stereocenters. The number of phenols is 1. The van der Waals surface area contributed by atoms with Crippen LogP contribution in [0.1, 0.15) is 17.5 Å². The summed E-state index contributed by atoms with van der Waals surface area (Å²) in [6, 6.07) is 12.4. The largest absolute Gasteiger partial charge is 0.508 e. The van der Waals surface area contributed by atoms with Crippen LogP contribution in [0.4, 0.5) is 0 Å². The number of benzene rings is 2. The summed E-state index contributed by atoms with van der Waals surface area (Å²) < 4.78 is 0. The number of phenolic OH excluding ortho intramolecular Hbond substituents is 1. The van der Waals surface area contributed by atoms with Crippen molar-refractivity contribution in [2.24, 2.45) is 0 Å². The average Bonchev–Trinajstić information content (AvgIpc) is 2.59. The van der Waals surface area contributed by atoms with Crippen molar-refractivity contribution in [2.45, 2.75) is 12.8 Å². The lowest BCUT2D eigenvalue weighted by molar-refractivity contribution is -0.130. The number of hydrogen-bond acceptors (Lipinski definition) is 2. The summed E-state index contributed by atoms with van der Waals surface area (Å²) in [5.41, 5.74) is 2.95. The SMILES string of the molecule is O=C(Cc1c(Cl)cccc1Cl)N1CC=C(c2ccc(O)cc2)CC1. The van der Waals surface area contributed by atoms with Crippen molar-refractivity contribution < 1.29 is 9.90 Å². The Morgan fingerprint density at radius 2 is 1.75 bits per heavy atom.